The SMILES string of the molecule is CN1[C@H]2CCC(C(=O)O[C@H](O)Cc3ccccc3)CC[C@@H]21. The van der Waals surface area contributed by atoms with Crippen LogP contribution >= 0.6 is 0 Å². The van der Waals surface area contributed by atoms with Crippen molar-refractivity contribution in [1.82, 2.24) is 4.90 Å². The quantitative estimate of drug-likeness (QED) is 0.523. The molecule has 1 aliphatic carbocycles. The molecular weight excluding hydrogens is 266 g/mol. The summed E-state index contributed by atoms with van der Waals surface area (Å²) in [6.45, 7) is 0. The molecule has 2 aliphatic rings. The number of hydrogen-bond donors (Lipinski definition) is 1. The Kier molecular flexibility index (Phi) is 4.27. The molecule has 3 atom stereocenters. The molecule has 1 saturated heterocycles. The fraction of sp³-hybridized carbons (Fsp3) is 0.588. The third kappa shape index (κ3) is 3.44. The number of benzene rings is 1. The lowest BCUT2D eigenvalue weighted by Gasteiger charge is -2.18. The molecule has 0 unspecified atom stereocenters. The van der Waals surface area contributed by atoms with Crippen LogP contribution in [0.15, 0.2) is 30.3 Å². The topological polar surface area (TPSA) is 49.5 Å². The van der Waals surface area contributed by atoms with E-state index in [1.807, 2.05) is 30.3 Å². The molecule has 3 rings (SSSR count). The van der Waals surface area contributed by atoms with Crippen LogP contribution in [0.25, 0.3) is 0 Å². The van der Waals surface area contributed by atoms with Crippen LogP contribution in [0, 0.1) is 5.92 Å². The monoisotopic (exact) mass is 289 g/mol. The highest BCUT2D eigenvalue weighted by Gasteiger charge is 2.46. The van der Waals surface area contributed by atoms with E-state index < -0.39 is 6.29 Å². The van der Waals surface area contributed by atoms with Gasteiger partial charge in [0.15, 0.2) is 0 Å². The van der Waals surface area contributed by atoms with Crippen molar-refractivity contribution in [3.63, 3.8) is 0 Å². The molecule has 1 heterocycles. The van der Waals surface area contributed by atoms with Crippen LogP contribution in [0.4, 0.5) is 0 Å². The van der Waals surface area contributed by atoms with Crippen molar-refractivity contribution in [2.75, 3.05) is 7.05 Å². The van der Waals surface area contributed by atoms with Crippen LogP contribution < -0.4 is 0 Å². The molecule has 114 valence electrons. The molecule has 2 fully saturated rings. The standard InChI is InChI=1S/C17H23NO3/c1-18-14-9-7-13(8-10-15(14)18)17(20)21-16(19)11-12-5-3-2-4-6-12/h2-6,13-16,19H,7-11H2,1H3/t13?,14-,15-,16-,18?/m0/s1. The second-order valence-electron chi connectivity index (χ2n) is 6.23. The Morgan fingerprint density at radius 1 is 1.24 bits per heavy atom. The van der Waals surface area contributed by atoms with Gasteiger partial charge in [0.05, 0.1) is 5.92 Å². The lowest BCUT2D eigenvalue weighted by molar-refractivity contribution is -0.173. The van der Waals surface area contributed by atoms with Gasteiger partial charge in [0.1, 0.15) is 0 Å². The first kappa shape index (κ1) is 14.5. The average molecular weight is 289 g/mol. The molecule has 1 saturated carbocycles. The number of nitrogens with zero attached hydrogens (tertiary/aromatic N) is 1. The van der Waals surface area contributed by atoms with Crippen molar-refractivity contribution in [3.8, 4) is 0 Å². The van der Waals surface area contributed by atoms with E-state index in [4.69, 9.17) is 4.74 Å². The number of aliphatic hydroxyl groups is 1. The van der Waals surface area contributed by atoms with Crippen molar-refractivity contribution in [2.24, 2.45) is 5.92 Å². The fourth-order valence-corrected chi connectivity index (χ4v) is 3.48. The summed E-state index contributed by atoms with van der Waals surface area (Å²) in [6.07, 6.45) is 3.20. The van der Waals surface area contributed by atoms with Crippen molar-refractivity contribution in [3.05, 3.63) is 35.9 Å². The Hall–Kier alpha value is -1.39. The smallest absolute Gasteiger partial charge is 0.311 e. The van der Waals surface area contributed by atoms with Gasteiger partial charge in [-0.2, -0.15) is 0 Å². The van der Waals surface area contributed by atoms with E-state index in [0.717, 1.165) is 31.2 Å². The molecule has 1 aromatic carbocycles. The van der Waals surface area contributed by atoms with E-state index in [1.165, 1.54) is 0 Å². The van der Waals surface area contributed by atoms with Gasteiger partial charge in [-0.1, -0.05) is 30.3 Å². The van der Waals surface area contributed by atoms with E-state index >= 15 is 0 Å². The molecule has 4 heteroatoms. The van der Waals surface area contributed by atoms with Gasteiger partial charge in [-0.25, -0.2) is 0 Å². The maximum Gasteiger partial charge on any atom is 0.311 e. The molecule has 0 aromatic heterocycles. The Balaban J connectivity index is 1.47. The van der Waals surface area contributed by atoms with Gasteiger partial charge in [0.25, 0.3) is 0 Å². The van der Waals surface area contributed by atoms with E-state index in [-0.39, 0.29) is 11.9 Å². The summed E-state index contributed by atoms with van der Waals surface area (Å²) in [6, 6.07) is 10.9. The molecule has 21 heavy (non-hydrogen) atoms. The number of carbonyl (C=O) groups excluding carboxylic acids is 1. The highest BCUT2D eigenvalue weighted by atomic mass is 16.6. The van der Waals surface area contributed by atoms with Gasteiger partial charge in [-0.3, -0.25) is 9.69 Å². The molecule has 1 aromatic rings. The van der Waals surface area contributed by atoms with Crippen LogP contribution in [-0.4, -0.2) is 41.4 Å². The average Bonchev–Trinajstić information content (AvgIpc) is 3.14. The van der Waals surface area contributed by atoms with Gasteiger partial charge < -0.3 is 9.84 Å². The van der Waals surface area contributed by atoms with Gasteiger partial charge in [-0.05, 0) is 38.3 Å². The minimum Gasteiger partial charge on any atom is -0.435 e. The van der Waals surface area contributed by atoms with Gasteiger partial charge in [0, 0.05) is 18.5 Å². The number of carbonyl (C=O) groups is 1. The predicted molar refractivity (Wildman–Crippen MR) is 79.5 cm³/mol. The molecule has 0 spiro atoms. The van der Waals surface area contributed by atoms with Gasteiger partial charge in [-0.15, -0.1) is 0 Å². The Bertz CT molecular complexity index is 476. The zero-order valence-electron chi connectivity index (χ0n) is 12.4. The largest absolute Gasteiger partial charge is 0.435 e. The summed E-state index contributed by atoms with van der Waals surface area (Å²) in [5, 5.41) is 9.93. The van der Waals surface area contributed by atoms with Crippen LogP contribution in [0.2, 0.25) is 0 Å². The molecule has 0 amide bonds. The number of ether oxygens (including phenoxy) is 1. The van der Waals surface area contributed by atoms with Crippen molar-refractivity contribution in [2.45, 2.75) is 50.5 Å². The first-order valence-electron chi connectivity index (χ1n) is 7.79. The number of likely N-dealkylation sites (tertiary alicyclic amines) is 1. The molecule has 0 bridgehead atoms. The van der Waals surface area contributed by atoms with Crippen molar-refractivity contribution >= 4 is 5.97 Å². The number of aliphatic hydroxyl groups excluding tert-OH is 1. The Morgan fingerprint density at radius 2 is 1.86 bits per heavy atom. The summed E-state index contributed by atoms with van der Waals surface area (Å²) < 4.78 is 5.23. The molecule has 4 nitrogen and oxygen atoms in total. The third-order valence-electron chi connectivity index (χ3n) is 4.86. The number of rotatable bonds is 4. The molecule has 1 aliphatic heterocycles. The summed E-state index contributed by atoms with van der Waals surface area (Å²) in [4.78, 5) is 14.5. The number of hydrogen-bond acceptors (Lipinski definition) is 4. The fourth-order valence-electron chi connectivity index (χ4n) is 3.48. The highest BCUT2D eigenvalue weighted by molar-refractivity contribution is 5.72. The van der Waals surface area contributed by atoms with Crippen molar-refractivity contribution in [1.29, 1.82) is 0 Å². The summed E-state index contributed by atoms with van der Waals surface area (Å²) in [5.74, 6) is -0.279. The summed E-state index contributed by atoms with van der Waals surface area (Å²) >= 11 is 0. The maximum absolute atomic E-state index is 12.2. The van der Waals surface area contributed by atoms with Gasteiger partial charge in [0.2, 0.25) is 6.29 Å². The van der Waals surface area contributed by atoms with Crippen LogP contribution in [0.1, 0.15) is 31.2 Å². The summed E-state index contributed by atoms with van der Waals surface area (Å²) in [7, 11) is 2.15. The van der Waals surface area contributed by atoms with E-state index in [0.29, 0.717) is 18.5 Å². The van der Waals surface area contributed by atoms with Crippen LogP contribution in [0.5, 0.6) is 0 Å². The maximum atomic E-state index is 12.2. The third-order valence-corrected chi connectivity index (χ3v) is 4.86. The zero-order valence-corrected chi connectivity index (χ0v) is 12.4. The lowest BCUT2D eigenvalue weighted by Crippen LogP contribution is -2.26. The van der Waals surface area contributed by atoms with E-state index in [9.17, 15) is 9.90 Å². The lowest BCUT2D eigenvalue weighted by atomic mass is 10.00. The molecule has 1 N–H and O–H groups in total. The number of fused-ring (bicyclic) bond motifs is 1. The predicted octanol–water partition coefficient (Wildman–Crippen LogP) is 1.96. The van der Waals surface area contributed by atoms with E-state index in [2.05, 4.69) is 11.9 Å². The van der Waals surface area contributed by atoms with E-state index in [1.54, 1.807) is 0 Å². The molecular formula is C17H23NO3. The van der Waals surface area contributed by atoms with Gasteiger partial charge >= 0.3 is 5.97 Å². The summed E-state index contributed by atoms with van der Waals surface area (Å²) in [5.41, 5.74) is 0.974. The Morgan fingerprint density at radius 3 is 2.48 bits per heavy atom. The number of esters is 1. The highest BCUT2D eigenvalue weighted by Crippen LogP contribution is 2.39. The zero-order chi connectivity index (χ0) is 14.8. The Labute approximate surface area is 125 Å². The number of likely N-dealkylation sites (N-methyl/N-ethyl adjacent to an activating group) is 1. The van der Waals surface area contributed by atoms with Crippen LogP contribution in [0.3, 0.4) is 0 Å². The normalized spacial score (nSPS) is 30.1. The second kappa shape index (κ2) is 6.16. The first-order chi connectivity index (χ1) is 10.1. The first-order valence-corrected chi connectivity index (χ1v) is 7.79. The molecule has 0 radical (unpaired) electrons. The van der Waals surface area contributed by atoms with Crippen LogP contribution in [-0.2, 0) is 16.0 Å². The minimum absolute atomic E-state index is 0.0448. The minimum atomic E-state index is -1.04. The van der Waals surface area contributed by atoms with Crippen molar-refractivity contribution < 1.29 is 14.6 Å². The second-order valence-corrected chi connectivity index (χ2v) is 6.23.